The number of carbonyl (C=O) groups excluding carboxylic acids is 1. The van der Waals surface area contributed by atoms with E-state index in [1.807, 2.05) is 6.92 Å². The Balaban J connectivity index is 0.00000225. The Bertz CT molecular complexity index is 659. The molecule has 0 bridgehead atoms. The maximum absolute atomic E-state index is 12.8. The first-order valence-electron chi connectivity index (χ1n) is 11.1. The molecule has 0 spiro atoms. The number of nitrogens with one attached hydrogen (secondary N) is 1. The van der Waals surface area contributed by atoms with Gasteiger partial charge in [0.25, 0.3) is 0 Å². The second kappa shape index (κ2) is 12.7. The zero-order chi connectivity index (χ0) is 20.1. The van der Waals surface area contributed by atoms with Gasteiger partial charge in [-0.1, -0.05) is 13.8 Å². The van der Waals surface area contributed by atoms with Crippen LogP contribution in [0.3, 0.4) is 0 Å². The van der Waals surface area contributed by atoms with Gasteiger partial charge in [-0.2, -0.15) is 0 Å². The Morgan fingerprint density at radius 3 is 2.50 bits per heavy atom. The van der Waals surface area contributed by atoms with Gasteiger partial charge in [-0.05, 0) is 58.5 Å². The number of piperidine rings is 1. The monoisotopic (exact) mass is 459 g/mol. The lowest BCUT2D eigenvalue weighted by Crippen LogP contribution is -2.47. The van der Waals surface area contributed by atoms with Gasteiger partial charge in [-0.15, -0.1) is 24.8 Å². The lowest BCUT2D eigenvalue weighted by atomic mass is 9.99. The van der Waals surface area contributed by atoms with Crippen LogP contribution < -0.4 is 10.2 Å². The molecule has 1 aromatic heterocycles. The molecule has 0 saturated carbocycles. The average Bonchev–Trinajstić information content (AvgIpc) is 3.20. The van der Waals surface area contributed by atoms with Crippen molar-refractivity contribution in [1.82, 2.24) is 20.2 Å². The second-order valence-electron chi connectivity index (χ2n) is 8.68. The Hall–Kier alpha value is -1.11. The quantitative estimate of drug-likeness (QED) is 0.668. The molecule has 1 atom stereocenters. The van der Waals surface area contributed by atoms with E-state index in [1.54, 1.807) is 0 Å². The van der Waals surface area contributed by atoms with Crippen LogP contribution in [0.15, 0.2) is 6.07 Å². The number of aromatic nitrogens is 2. The summed E-state index contributed by atoms with van der Waals surface area (Å²) in [5, 5.41) is 3.40. The van der Waals surface area contributed by atoms with Gasteiger partial charge < -0.3 is 15.1 Å². The minimum atomic E-state index is 0. The standard InChI is InChI=1S/C22H37N5O.2ClH/c1-5-27(21(28)7-6-18-8-11-23-15-18)19-9-12-26(13-10-19)20-14-17(4)24-22(25-20)16(2)3;;/h14,16,18-19,23H,5-13,15H2,1-4H3;2*1H. The van der Waals surface area contributed by atoms with E-state index in [4.69, 9.17) is 4.98 Å². The second-order valence-corrected chi connectivity index (χ2v) is 8.68. The summed E-state index contributed by atoms with van der Waals surface area (Å²) in [6, 6.07) is 2.45. The number of aryl methyl sites for hydroxylation is 1. The van der Waals surface area contributed by atoms with Crippen LogP contribution >= 0.6 is 24.8 Å². The summed E-state index contributed by atoms with van der Waals surface area (Å²) in [5.41, 5.74) is 1.03. The van der Waals surface area contributed by atoms with E-state index in [0.29, 0.717) is 30.2 Å². The third kappa shape index (κ3) is 6.96. The molecule has 0 radical (unpaired) electrons. The lowest BCUT2D eigenvalue weighted by molar-refractivity contribution is -0.134. The summed E-state index contributed by atoms with van der Waals surface area (Å²) < 4.78 is 0. The molecule has 0 aromatic carbocycles. The molecule has 30 heavy (non-hydrogen) atoms. The van der Waals surface area contributed by atoms with Crippen molar-refractivity contribution in [2.75, 3.05) is 37.6 Å². The molecule has 1 unspecified atom stereocenters. The summed E-state index contributed by atoms with van der Waals surface area (Å²) in [7, 11) is 0. The summed E-state index contributed by atoms with van der Waals surface area (Å²) in [4.78, 5) is 26.7. The first-order valence-corrected chi connectivity index (χ1v) is 11.1. The molecule has 2 aliphatic rings. The molecule has 1 N–H and O–H groups in total. The van der Waals surface area contributed by atoms with Crippen LogP contribution in [0.25, 0.3) is 0 Å². The molecule has 1 aromatic rings. The van der Waals surface area contributed by atoms with E-state index in [1.165, 1.54) is 6.42 Å². The third-order valence-corrected chi connectivity index (χ3v) is 6.19. The topological polar surface area (TPSA) is 61.4 Å². The van der Waals surface area contributed by atoms with Gasteiger partial charge in [0.15, 0.2) is 0 Å². The van der Waals surface area contributed by atoms with Gasteiger partial charge in [0.05, 0.1) is 0 Å². The van der Waals surface area contributed by atoms with Crippen molar-refractivity contribution < 1.29 is 4.79 Å². The van der Waals surface area contributed by atoms with E-state index in [9.17, 15) is 4.79 Å². The number of carbonyl (C=O) groups is 1. The smallest absolute Gasteiger partial charge is 0.222 e. The molecular weight excluding hydrogens is 421 g/mol. The van der Waals surface area contributed by atoms with Crippen LogP contribution in [-0.4, -0.2) is 59.5 Å². The van der Waals surface area contributed by atoms with Crippen molar-refractivity contribution in [2.24, 2.45) is 5.92 Å². The number of nitrogens with zero attached hydrogens (tertiary/aromatic N) is 4. The summed E-state index contributed by atoms with van der Waals surface area (Å²) >= 11 is 0. The molecule has 3 heterocycles. The van der Waals surface area contributed by atoms with Gasteiger partial charge >= 0.3 is 0 Å². The molecule has 6 nitrogen and oxygen atoms in total. The molecule has 1 amide bonds. The average molecular weight is 460 g/mol. The van der Waals surface area contributed by atoms with Crippen molar-refractivity contribution in [3.8, 4) is 0 Å². The van der Waals surface area contributed by atoms with E-state index < -0.39 is 0 Å². The first-order chi connectivity index (χ1) is 13.5. The Morgan fingerprint density at radius 1 is 1.23 bits per heavy atom. The largest absolute Gasteiger partial charge is 0.356 e. The number of anilines is 1. The van der Waals surface area contributed by atoms with Crippen molar-refractivity contribution >= 4 is 36.5 Å². The maximum atomic E-state index is 12.8. The van der Waals surface area contributed by atoms with Crippen LogP contribution in [-0.2, 0) is 4.79 Å². The minimum Gasteiger partial charge on any atom is -0.356 e. The van der Waals surface area contributed by atoms with E-state index in [-0.39, 0.29) is 24.8 Å². The molecule has 3 rings (SSSR count). The predicted octanol–water partition coefficient (Wildman–Crippen LogP) is 3.96. The number of amides is 1. The summed E-state index contributed by atoms with van der Waals surface area (Å²) in [5.74, 6) is 3.31. The summed E-state index contributed by atoms with van der Waals surface area (Å²) in [6.45, 7) is 13.3. The highest BCUT2D eigenvalue weighted by molar-refractivity contribution is 5.85. The third-order valence-electron chi connectivity index (χ3n) is 6.19. The SMILES string of the molecule is CCN(C(=O)CCC1CCNC1)C1CCN(c2cc(C)nc(C(C)C)n2)CC1.Cl.Cl. The molecule has 8 heteroatoms. The Labute approximate surface area is 194 Å². The van der Waals surface area contributed by atoms with Crippen LogP contribution in [0.2, 0.25) is 0 Å². The Morgan fingerprint density at radius 2 is 1.93 bits per heavy atom. The number of hydrogen-bond donors (Lipinski definition) is 1. The fourth-order valence-corrected chi connectivity index (χ4v) is 4.47. The van der Waals surface area contributed by atoms with Crippen LogP contribution in [0.5, 0.6) is 0 Å². The van der Waals surface area contributed by atoms with Gasteiger partial charge in [-0.25, -0.2) is 9.97 Å². The van der Waals surface area contributed by atoms with Crippen molar-refractivity contribution in [1.29, 1.82) is 0 Å². The molecule has 2 fully saturated rings. The Kier molecular flexibility index (Phi) is 11.4. The van der Waals surface area contributed by atoms with E-state index in [2.05, 4.69) is 46.9 Å². The van der Waals surface area contributed by atoms with Crippen molar-refractivity contribution in [3.05, 3.63) is 17.6 Å². The number of hydrogen-bond acceptors (Lipinski definition) is 5. The summed E-state index contributed by atoms with van der Waals surface area (Å²) in [6.07, 6.45) is 4.98. The highest BCUT2D eigenvalue weighted by atomic mass is 35.5. The van der Waals surface area contributed by atoms with Crippen LogP contribution in [0.4, 0.5) is 5.82 Å². The van der Waals surface area contributed by atoms with Gasteiger partial charge in [0, 0.05) is 49.8 Å². The normalized spacial score (nSPS) is 19.4. The van der Waals surface area contributed by atoms with Gasteiger partial charge in [0.1, 0.15) is 11.6 Å². The fourth-order valence-electron chi connectivity index (χ4n) is 4.47. The van der Waals surface area contributed by atoms with Crippen molar-refractivity contribution in [3.63, 3.8) is 0 Å². The first kappa shape index (κ1) is 26.9. The molecule has 172 valence electrons. The van der Waals surface area contributed by atoms with Gasteiger partial charge in [0.2, 0.25) is 5.91 Å². The molecule has 2 aliphatic heterocycles. The highest BCUT2D eigenvalue weighted by Gasteiger charge is 2.28. The van der Waals surface area contributed by atoms with Crippen LogP contribution in [0.1, 0.15) is 70.3 Å². The molecule has 2 saturated heterocycles. The molecule has 0 aliphatic carbocycles. The van der Waals surface area contributed by atoms with Crippen molar-refractivity contribution in [2.45, 2.75) is 71.8 Å². The number of halogens is 2. The zero-order valence-electron chi connectivity index (χ0n) is 18.9. The van der Waals surface area contributed by atoms with Crippen LogP contribution in [0, 0.1) is 12.8 Å². The highest BCUT2D eigenvalue weighted by Crippen LogP contribution is 2.24. The fraction of sp³-hybridized carbons (Fsp3) is 0.773. The van der Waals surface area contributed by atoms with E-state index in [0.717, 1.165) is 69.3 Å². The molecular formula is C22H39Cl2N5O. The van der Waals surface area contributed by atoms with E-state index >= 15 is 0 Å². The predicted molar refractivity (Wildman–Crippen MR) is 128 cm³/mol. The minimum absolute atomic E-state index is 0. The van der Waals surface area contributed by atoms with Gasteiger partial charge in [-0.3, -0.25) is 4.79 Å². The maximum Gasteiger partial charge on any atom is 0.222 e. The number of rotatable bonds is 7. The zero-order valence-corrected chi connectivity index (χ0v) is 20.5. The lowest BCUT2D eigenvalue weighted by Gasteiger charge is -2.39.